The lowest BCUT2D eigenvalue weighted by Crippen LogP contribution is -2.62. The van der Waals surface area contributed by atoms with Gasteiger partial charge < -0.3 is 9.63 Å². The summed E-state index contributed by atoms with van der Waals surface area (Å²) in [5.41, 5.74) is -0.290. The number of carbonyl (C=O) groups excluding carboxylic acids is 2. The van der Waals surface area contributed by atoms with Crippen molar-refractivity contribution < 1.29 is 28.0 Å². The highest BCUT2D eigenvalue weighted by Crippen LogP contribution is 2.44. The number of nitriles is 1. The van der Waals surface area contributed by atoms with Crippen molar-refractivity contribution in [1.82, 2.24) is 10.1 Å². The highest BCUT2D eigenvalue weighted by molar-refractivity contribution is 5.96. The van der Waals surface area contributed by atoms with E-state index in [4.69, 9.17) is 4.52 Å². The van der Waals surface area contributed by atoms with Crippen LogP contribution in [-0.2, 0) is 10.2 Å². The lowest BCUT2D eigenvalue weighted by Gasteiger charge is -2.55. The van der Waals surface area contributed by atoms with Gasteiger partial charge in [0.2, 0.25) is 0 Å². The standard InChI is InChI=1S/C34H37F2N3O4/c1-32(2,23-6-4-5-22(13-23)19-37)16-26(40)17-34(20-39(21-34)25-9-11-33(3,42)12-10-25)18-30(41)29-15-31(43-38-29)27-8-7-24(35)14-28(27)36/h4-8,13-15,25,42H,9-12,16-18,20-21H2,1-3H3. The van der Waals surface area contributed by atoms with Gasteiger partial charge in [-0.3, -0.25) is 14.5 Å². The highest BCUT2D eigenvalue weighted by atomic mass is 19.1. The Morgan fingerprint density at radius 3 is 2.51 bits per heavy atom. The highest BCUT2D eigenvalue weighted by Gasteiger charge is 2.49. The van der Waals surface area contributed by atoms with Gasteiger partial charge in [0.1, 0.15) is 23.1 Å². The van der Waals surface area contributed by atoms with E-state index in [2.05, 4.69) is 16.1 Å². The van der Waals surface area contributed by atoms with Crippen LogP contribution in [0.5, 0.6) is 0 Å². The molecule has 0 unspecified atom stereocenters. The first kappa shape index (κ1) is 30.7. The molecule has 0 radical (unpaired) electrons. The number of rotatable bonds is 10. The van der Waals surface area contributed by atoms with Gasteiger partial charge in [-0.2, -0.15) is 5.26 Å². The zero-order valence-corrected chi connectivity index (χ0v) is 24.8. The SMILES string of the molecule is CC1(O)CCC(N2CC(CC(=O)CC(C)(C)c3cccc(C#N)c3)(CC(=O)c3cc(-c4ccc(F)cc4F)on3)C2)CC1. The first-order valence-corrected chi connectivity index (χ1v) is 14.7. The molecular formula is C34H37F2N3O4. The van der Waals surface area contributed by atoms with Crippen LogP contribution >= 0.6 is 0 Å². The maximum Gasteiger partial charge on any atom is 0.185 e. The molecule has 5 rings (SSSR count). The van der Waals surface area contributed by atoms with Crippen molar-refractivity contribution in [2.75, 3.05) is 13.1 Å². The second-order valence-corrected chi connectivity index (χ2v) is 13.4. The fourth-order valence-corrected chi connectivity index (χ4v) is 6.69. The average molecular weight is 590 g/mol. The molecule has 2 aliphatic rings. The first-order valence-electron chi connectivity index (χ1n) is 14.7. The zero-order valence-electron chi connectivity index (χ0n) is 24.8. The molecular weight excluding hydrogens is 552 g/mol. The smallest absolute Gasteiger partial charge is 0.185 e. The molecule has 1 saturated heterocycles. The zero-order chi connectivity index (χ0) is 31.0. The summed E-state index contributed by atoms with van der Waals surface area (Å²) in [6.45, 7) is 6.95. The van der Waals surface area contributed by atoms with E-state index in [1.54, 1.807) is 6.07 Å². The summed E-state index contributed by atoms with van der Waals surface area (Å²) in [5, 5.41) is 23.6. The van der Waals surface area contributed by atoms with E-state index >= 15 is 0 Å². The van der Waals surface area contributed by atoms with E-state index in [0.717, 1.165) is 30.5 Å². The van der Waals surface area contributed by atoms with Crippen molar-refractivity contribution in [2.24, 2.45) is 5.41 Å². The van der Waals surface area contributed by atoms with Crippen molar-refractivity contribution in [3.8, 4) is 17.4 Å². The van der Waals surface area contributed by atoms with Crippen LogP contribution in [0.25, 0.3) is 11.3 Å². The lowest BCUT2D eigenvalue weighted by atomic mass is 9.68. The molecule has 1 aliphatic carbocycles. The number of ketones is 2. The Morgan fingerprint density at radius 2 is 1.84 bits per heavy atom. The Labute approximate surface area is 250 Å². The van der Waals surface area contributed by atoms with Crippen LogP contribution in [0.1, 0.15) is 87.3 Å². The van der Waals surface area contributed by atoms with Crippen LogP contribution in [0.4, 0.5) is 8.78 Å². The van der Waals surface area contributed by atoms with Crippen molar-refractivity contribution >= 4 is 11.6 Å². The summed E-state index contributed by atoms with van der Waals surface area (Å²) < 4.78 is 32.9. The molecule has 0 amide bonds. The molecule has 0 bridgehead atoms. The Morgan fingerprint density at radius 1 is 1.12 bits per heavy atom. The Hall–Kier alpha value is -3.74. The molecule has 9 heteroatoms. The average Bonchev–Trinajstić information content (AvgIpc) is 3.41. The molecule has 1 aliphatic heterocycles. The minimum atomic E-state index is -0.818. The summed E-state index contributed by atoms with van der Waals surface area (Å²) in [6, 6.07) is 14.1. The van der Waals surface area contributed by atoms with Crippen molar-refractivity contribution in [3.05, 3.63) is 77.0 Å². The van der Waals surface area contributed by atoms with E-state index in [9.17, 15) is 28.7 Å². The van der Waals surface area contributed by atoms with Crippen LogP contribution in [0, 0.1) is 28.4 Å². The van der Waals surface area contributed by atoms with Gasteiger partial charge in [0.05, 0.1) is 22.8 Å². The molecule has 7 nitrogen and oxygen atoms in total. The van der Waals surface area contributed by atoms with Crippen LogP contribution in [0.15, 0.2) is 53.1 Å². The van der Waals surface area contributed by atoms with E-state index in [-0.39, 0.29) is 53.9 Å². The maximum absolute atomic E-state index is 14.3. The van der Waals surface area contributed by atoms with Crippen molar-refractivity contribution in [2.45, 2.75) is 82.8 Å². The number of benzene rings is 2. The molecule has 1 N–H and O–H groups in total. The van der Waals surface area contributed by atoms with Gasteiger partial charge in [0, 0.05) is 55.9 Å². The Bertz CT molecular complexity index is 1560. The monoisotopic (exact) mass is 589 g/mol. The van der Waals surface area contributed by atoms with E-state index in [1.807, 2.05) is 39.0 Å². The number of Topliss-reactive ketones (excluding diaryl/α,β-unsaturated/α-hetero) is 2. The van der Waals surface area contributed by atoms with Crippen LogP contribution in [0.2, 0.25) is 0 Å². The number of aliphatic hydroxyl groups is 1. The van der Waals surface area contributed by atoms with Crippen LogP contribution in [0.3, 0.4) is 0 Å². The molecule has 43 heavy (non-hydrogen) atoms. The normalized spacial score (nSPS) is 22.0. The van der Waals surface area contributed by atoms with Gasteiger partial charge in [-0.25, -0.2) is 8.78 Å². The van der Waals surface area contributed by atoms with Gasteiger partial charge in [0.15, 0.2) is 11.5 Å². The second kappa shape index (κ2) is 11.7. The predicted octanol–water partition coefficient (Wildman–Crippen LogP) is 6.39. The molecule has 2 heterocycles. The maximum atomic E-state index is 14.3. The molecule has 226 valence electrons. The van der Waals surface area contributed by atoms with Gasteiger partial charge in [-0.05, 0) is 67.9 Å². The number of nitrogens with zero attached hydrogens (tertiary/aromatic N) is 3. The number of likely N-dealkylation sites (tertiary alicyclic amines) is 1. The molecule has 1 aromatic heterocycles. The summed E-state index contributed by atoms with van der Waals surface area (Å²) >= 11 is 0. The number of hydrogen-bond donors (Lipinski definition) is 1. The van der Waals surface area contributed by atoms with E-state index < -0.39 is 28.1 Å². The Balaban J connectivity index is 1.32. The van der Waals surface area contributed by atoms with Gasteiger partial charge in [0.25, 0.3) is 0 Å². The number of carbonyl (C=O) groups is 2. The van der Waals surface area contributed by atoms with Crippen LogP contribution < -0.4 is 0 Å². The fraction of sp³-hybridized carbons (Fsp3) is 0.471. The molecule has 0 spiro atoms. The minimum Gasteiger partial charge on any atom is -0.390 e. The quantitative estimate of drug-likeness (QED) is 0.273. The van der Waals surface area contributed by atoms with Crippen molar-refractivity contribution in [3.63, 3.8) is 0 Å². The second-order valence-electron chi connectivity index (χ2n) is 13.4. The summed E-state index contributed by atoms with van der Waals surface area (Å²) in [6.07, 6.45) is 3.64. The van der Waals surface area contributed by atoms with Gasteiger partial charge in [-0.1, -0.05) is 31.1 Å². The summed E-state index contributed by atoms with van der Waals surface area (Å²) in [4.78, 5) is 29.4. The third-order valence-corrected chi connectivity index (χ3v) is 9.14. The van der Waals surface area contributed by atoms with Gasteiger partial charge in [-0.15, -0.1) is 0 Å². The molecule has 3 aromatic rings. The van der Waals surface area contributed by atoms with Gasteiger partial charge >= 0.3 is 0 Å². The number of halogens is 2. The molecule has 0 atom stereocenters. The number of aromatic nitrogens is 1. The topological polar surface area (TPSA) is 107 Å². The molecule has 1 saturated carbocycles. The number of hydrogen-bond acceptors (Lipinski definition) is 7. The minimum absolute atomic E-state index is 0.00328. The summed E-state index contributed by atoms with van der Waals surface area (Å²) in [5.74, 6) is -1.79. The molecule has 2 aromatic carbocycles. The third-order valence-electron chi connectivity index (χ3n) is 9.14. The largest absolute Gasteiger partial charge is 0.390 e. The van der Waals surface area contributed by atoms with E-state index in [1.165, 1.54) is 12.1 Å². The fourth-order valence-electron chi connectivity index (χ4n) is 6.69. The summed E-state index contributed by atoms with van der Waals surface area (Å²) in [7, 11) is 0. The first-order chi connectivity index (χ1) is 20.3. The van der Waals surface area contributed by atoms with E-state index in [0.29, 0.717) is 31.5 Å². The Kier molecular flexibility index (Phi) is 8.39. The lowest BCUT2D eigenvalue weighted by molar-refractivity contribution is -0.128. The third kappa shape index (κ3) is 6.92. The van der Waals surface area contributed by atoms with Crippen LogP contribution in [-0.4, -0.2) is 51.5 Å². The molecule has 2 fully saturated rings. The predicted molar refractivity (Wildman–Crippen MR) is 156 cm³/mol. The van der Waals surface area contributed by atoms with Crippen molar-refractivity contribution in [1.29, 1.82) is 5.26 Å².